The van der Waals surface area contributed by atoms with Gasteiger partial charge in [0.05, 0.1) is 23.7 Å². The highest BCUT2D eigenvalue weighted by Crippen LogP contribution is 2.36. The molecule has 3 aromatic rings. The average Bonchev–Trinajstić information content (AvgIpc) is 2.97. The first-order valence-corrected chi connectivity index (χ1v) is 9.39. The Balaban J connectivity index is 1.65. The van der Waals surface area contributed by atoms with E-state index < -0.39 is 22.7 Å². The van der Waals surface area contributed by atoms with Gasteiger partial charge in [-0.25, -0.2) is 0 Å². The minimum atomic E-state index is -4.63. The summed E-state index contributed by atoms with van der Waals surface area (Å²) in [5.74, 6) is -0.706. The van der Waals surface area contributed by atoms with E-state index >= 15 is 0 Å². The molecular weight excluding hydrogens is 419 g/mol. The topological polar surface area (TPSA) is 65.2 Å². The van der Waals surface area contributed by atoms with E-state index in [1.54, 1.807) is 14.0 Å². The van der Waals surface area contributed by atoms with Crippen molar-refractivity contribution in [3.05, 3.63) is 64.3 Å². The molecule has 0 atom stereocenters. The van der Waals surface area contributed by atoms with Gasteiger partial charge in [0.2, 0.25) is 5.91 Å². The lowest BCUT2D eigenvalue weighted by Gasteiger charge is -2.16. The Bertz CT molecular complexity index is 1110. The van der Waals surface area contributed by atoms with Crippen LogP contribution in [0.1, 0.15) is 21.6 Å². The molecule has 0 radical (unpaired) electrons. The predicted octanol–water partition coefficient (Wildman–Crippen LogP) is 4.90. The van der Waals surface area contributed by atoms with E-state index in [0.717, 1.165) is 28.7 Å². The number of hydrogen-bond donors (Lipinski definition) is 2. The fourth-order valence-corrected chi connectivity index (χ4v) is 3.51. The van der Waals surface area contributed by atoms with Crippen molar-refractivity contribution >= 4 is 39.9 Å². The first-order valence-electron chi connectivity index (χ1n) is 9.02. The fourth-order valence-electron chi connectivity index (χ4n) is 3.28. The van der Waals surface area contributed by atoms with Gasteiger partial charge in [0.1, 0.15) is 0 Å². The standard InChI is InChI=1S/C21H19ClF3N3O2/c1-12-20(14-5-3-4-6-17(14)26-12)18(29)10-28(2)11-19(30)27-13-7-8-16(22)15(9-13)21(23,24)25/h3-9,26H,10-11H2,1-2H3,(H,27,30). The molecule has 2 N–H and O–H groups in total. The highest BCUT2D eigenvalue weighted by molar-refractivity contribution is 6.31. The minimum Gasteiger partial charge on any atom is -0.358 e. The summed E-state index contributed by atoms with van der Waals surface area (Å²) >= 11 is 5.58. The van der Waals surface area contributed by atoms with Crippen molar-refractivity contribution in [2.24, 2.45) is 0 Å². The molecule has 9 heteroatoms. The second-order valence-electron chi connectivity index (χ2n) is 7.01. The van der Waals surface area contributed by atoms with E-state index in [-0.39, 0.29) is 24.6 Å². The third-order valence-electron chi connectivity index (χ3n) is 4.55. The van der Waals surface area contributed by atoms with Crippen molar-refractivity contribution < 1.29 is 22.8 Å². The number of amides is 1. The zero-order chi connectivity index (χ0) is 22.1. The summed E-state index contributed by atoms with van der Waals surface area (Å²) in [6.45, 7) is 1.61. The number of nitrogens with one attached hydrogen (secondary N) is 2. The number of carbonyl (C=O) groups excluding carboxylic acids is 2. The molecule has 2 aromatic carbocycles. The first-order chi connectivity index (χ1) is 14.1. The van der Waals surface area contributed by atoms with Gasteiger partial charge in [0, 0.05) is 27.8 Å². The molecule has 158 valence electrons. The number of nitrogens with zero attached hydrogens (tertiary/aromatic N) is 1. The van der Waals surface area contributed by atoms with Crippen LogP contribution in [0, 0.1) is 6.92 Å². The number of H-pyrrole nitrogens is 1. The summed E-state index contributed by atoms with van der Waals surface area (Å²) in [5, 5.41) is 2.76. The molecule has 0 spiro atoms. The number of aryl methyl sites for hydroxylation is 1. The van der Waals surface area contributed by atoms with Crippen molar-refractivity contribution in [1.82, 2.24) is 9.88 Å². The number of aromatic amines is 1. The van der Waals surface area contributed by atoms with Gasteiger partial charge in [-0.1, -0.05) is 29.8 Å². The van der Waals surface area contributed by atoms with Gasteiger partial charge in [-0.2, -0.15) is 13.2 Å². The highest BCUT2D eigenvalue weighted by atomic mass is 35.5. The molecule has 0 saturated carbocycles. The van der Waals surface area contributed by atoms with Crippen molar-refractivity contribution in [1.29, 1.82) is 0 Å². The largest absolute Gasteiger partial charge is 0.417 e. The number of halogens is 4. The molecule has 0 aliphatic carbocycles. The van der Waals surface area contributed by atoms with Crippen LogP contribution in [0.2, 0.25) is 5.02 Å². The van der Waals surface area contributed by atoms with E-state index in [2.05, 4.69) is 10.3 Å². The van der Waals surface area contributed by atoms with Crippen molar-refractivity contribution in [3.63, 3.8) is 0 Å². The van der Waals surface area contributed by atoms with Gasteiger partial charge < -0.3 is 10.3 Å². The monoisotopic (exact) mass is 437 g/mol. The van der Waals surface area contributed by atoms with E-state index in [4.69, 9.17) is 11.6 Å². The first kappa shape index (κ1) is 21.9. The fraction of sp³-hybridized carbons (Fsp3) is 0.238. The number of hydrogen-bond acceptors (Lipinski definition) is 3. The number of benzene rings is 2. The normalized spacial score (nSPS) is 11.8. The Labute approximate surface area is 175 Å². The zero-order valence-corrected chi connectivity index (χ0v) is 17.0. The lowest BCUT2D eigenvalue weighted by atomic mass is 10.1. The van der Waals surface area contributed by atoms with E-state index in [1.165, 1.54) is 11.0 Å². The molecule has 5 nitrogen and oxygen atoms in total. The molecule has 1 heterocycles. The summed E-state index contributed by atoms with van der Waals surface area (Å²) < 4.78 is 38.9. The van der Waals surface area contributed by atoms with Crippen molar-refractivity contribution in [2.75, 3.05) is 25.5 Å². The minimum absolute atomic E-state index is 0.0233. The Kier molecular flexibility index (Phi) is 6.19. The van der Waals surface area contributed by atoms with Crippen molar-refractivity contribution in [3.8, 4) is 0 Å². The average molecular weight is 438 g/mol. The lowest BCUT2D eigenvalue weighted by molar-refractivity contribution is -0.137. The molecule has 1 amide bonds. The van der Waals surface area contributed by atoms with Crippen LogP contribution in [0.4, 0.5) is 18.9 Å². The van der Waals surface area contributed by atoms with Gasteiger partial charge >= 0.3 is 6.18 Å². The van der Waals surface area contributed by atoms with Crippen LogP contribution >= 0.6 is 11.6 Å². The number of alkyl halides is 3. The quantitative estimate of drug-likeness (QED) is 0.539. The third-order valence-corrected chi connectivity index (χ3v) is 4.88. The van der Waals surface area contributed by atoms with Gasteiger partial charge in [-0.15, -0.1) is 0 Å². The lowest BCUT2D eigenvalue weighted by Crippen LogP contribution is -2.34. The van der Waals surface area contributed by atoms with Crippen molar-refractivity contribution in [2.45, 2.75) is 13.1 Å². The van der Waals surface area contributed by atoms with Gasteiger partial charge in [-0.3, -0.25) is 14.5 Å². The molecule has 0 bridgehead atoms. The second-order valence-corrected chi connectivity index (χ2v) is 7.41. The molecule has 30 heavy (non-hydrogen) atoms. The van der Waals surface area contributed by atoms with Crippen LogP contribution in [-0.4, -0.2) is 41.7 Å². The Morgan fingerprint density at radius 2 is 1.83 bits per heavy atom. The van der Waals surface area contributed by atoms with Gasteiger partial charge in [-0.05, 0) is 38.2 Å². The third kappa shape index (κ3) is 4.83. The van der Waals surface area contributed by atoms with Gasteiger partial charge in [0.25, 0.3) is 0 Å². The maximum atomic E-state index is 13.0. The second kappa shape index (κ2) is 8.49. The number of Topliss-reactive ketones (excluding diaryl/α,β-unsaturated/α-hetero) is 1. The SMILES string of the molecule is Cc1[nH]c2ccccc2c1C(=O)CN(C)CC(=O)Nc1ccc(Cl)c(C(F)(F)F)c1. The maximum absolute atomic E-state index is 13.0. The molecule has 0 fully saturated rings. The molecule has 0 saturated heterocycles. The summed E-state index contributed by atoms with van der Waals surface area (Å²) in [5.41, 5.74) is 1.09. The summed E-state index contributed by atoms with van der Waals surface area (Å²) in [4.78, 5) is 29.6. The van der Waals surface area contributed by atoms with E-state index in [0.29, 0.717) is 5.56 Å². The predicted molar refractivity (Wildman–Crippen MR) is 110 cm³/mol. The van der Waals surface area contributed by atoms with Crippen LogP contribution < -0.4 is 5.32 Å². The molecule has 0 unspecified atom stereocenters. The number of fused-ring (bicyclic) bond motifs is 1. The van der Waals surface area contributed by atoms with E-state index in [9.17, 15) is 22.8 Å². The number of carbonyl (C=O) groups is 2. The van der Waals surface area contributed by atoms with E-state index in [1.807, 2.05) is 24.3 Å². The number of likely N-dealkylation sites (N-methyl/N-ethyl adjacent to an activating group) is 1. The highest BCUT2D eigenvalue weighted by Gasteiger charge is 2.33. The number of rotatable bonds is 6. The maximum Gasteiger partial charge on any atom is 0.417 e. The van der Waals surface area contributed by atoms with Gasteiger partial charge in [0.15, 0.2) is 5.78 Å². The number of aromatic nitrogens is 1. The molecular formula is C21H19ClF3N3O2. The summed E-state index contributed by atoms with van der Waals surface area (Å²) in [6, 6.07) is 10.6. The molecule has 1 aromatic heterocycles. The van der Waals surface area contributed by atoms with Crippen LogP contribution in [0.25, 0.3) is 10.9 Å². The van der Waals surface area contributed by atoms with Crippen LogP contribution in [0.15, 0.2) is 42.5 Å². The van der Waals surface area contributed by atoms with Crippen LogP contribution in [-0.2, 0) is 11.0 Å². The molecule has 0 aliphatic heterocycles. The zero-order valence-electron chi connectivity index (χ0n) is 16.2. The molecule has 0 aliphatic rings. The van der Waals surface area contributed by atoms with Crippen LogP contribution in [0.5, 0.6) is 0 Å². The summed E-state index contributed by atoms with van der Waals surface area (Å²) in [6.07, 6.45) is -4.63. The Morgan fingerprint density at radius 1 is 1.13 bits per heavy atom. The number of anilines is 1. The molecule has 3 rings (SSSR count). The number of ketones is 1. The smallest absolute Gasteiger partial charge is 0.358 e. The number of para-hydroxylation sites is 1. The summed E-state index contributed by atoms with van der Waals surface area (Å²) in [7, 11) is 1.59. The van der Waals surface area contributed by atoms with Crippen LogP contribution in [0.3, 0.4) is 0 Å². The Hall–Kier alpha value is -2.84. The Morgan fingerprint density at radius 3 is 2.53 bits per heavy atom.